The number of halogens is 4. The van der Waals surface area contributed by atoms with Gasteiger partial charge in [-0.25, -0.2) is 0 Å². The Hall–Kier alpha value is -2.21. The van der Waals surface area contributed by atoms with Gasteiger partial charge in [0.25, 0.3) is 0 Å². The SMILES string of the molecule is O=C(O)Cc1cc(Cl)cc(-c2ccccc2OC(F)(F)F)c1. The number of carboxylic acids is 1. The van der Waals surface area contributed by atoms with Crippen molar-refractivity contribution >= 4 is 17.6 Å². The van der Waals surface area contributed by atoms with Crippen LogP contribution in [-0.4, -0.2) is 17.4 Å². The van der Waals surface area contributed by atoms with Crippen LogP contribution in [0.25, 0.3) is 11.1 Å². The molecule has 2 rings (SSSR count). The maximum Gasteiger partial charge on any atom is 0.573 e. The largest absolute Gasteiger partial charge is 0.573 e. The van der Waals surface area contributed by atoms with Crippen LogP contribution in [0.4, 0.5) is 13.2 Å². The smallest absolute Gasteiger partial charge is 0.481 e. The summed E-state index contributed by atoms with van der Waals surface area (Å²) in [4.78, 5) is 10.8. The van der Waals surface area contributed by atoms with Crippen LogP contribution in [0.15, 0.2) is 42.5 Å². The van der Waals surface area contributed by atoms with E-state index in [0.717, 1.165) is 0 Å². The van der Waals surface area contributed by atoms with Crippen molar-refractivity contribution in [2.45, 2.75) is 12.8 Å². The van der Waals surface area contributed by atoms with Crippen molar-refractivity contribution < 1.29 is 27.8 Å². The van der Waals surface area contributed by atoms with E-state index in [2.05, 4.69) is 4.74 Å². The fraction of sp³-hybridized carbons (Fsp3) is 0.133. The molecule has 2 aromatic rings. The summed E-state index contributed by atoms with van der Waals surface area (Å²) in [6, 6.07) is 9.96. The molecule has 22 heavy (non-hydrogen) atoms. The Balaban J connectivity index is 2.48. The van der Waals surface area contributed by atoms with Crippen molar-refractivity contribution in [2.24, 2.45) is 0 Å². The van der Waals surface area contributed by atoms with Gasteiger partial charge in [-0.05, 0) is 29.3 Å². The number of hydrogen-bond donors (Lipinski definition) is 1. The highest BCUT2D eigenvalue weighted by atomic mass is 35.5. The topological polar surface area (TPSA) is 46.5 Å². The Bertz CT molecular complexity index is 699. The monoisotopic (exact) mass is 330 g/mol. The lowest BCUT2D eigenvalue weighted by molar-refractivity contribution is -0.274. The average molecular weight is 331 g/mol. The van der Waals surface area contributed by atoms with Crippen molar-refractivity contribution in [2.75, 3.05) is 0 Å². The summed E-state index contributed by atoms with van der Waals surface area (Å²) in [5.74, 6) is -1.44. The van der Waals surface area contributed by atoms with E-state index in [1.165, 1.54) is 36.4 Å². The van der Waals surface area contributed by atoms with Crippen LogP contribution in [0.5, 0.6) is 5.75 Å². The van der Waals surface area contributed by atoms with Gasteiger partial charge < -0.3 is 9.84 Å². The van der Waals surface area contributed by atoms with Gasteiger partial charge >= 0.3 is 12.3 Å². The molecule has 2 aromatic carbocycles. The molecule has 0 fully saturated rings. The Kier molecular flexibility index (Phi) is 4.61. The Labute approximate surface area is 128 Å². The number of benzene rings is 2. The average Bonchev–Trinajstić information content (AvgIpc) is 2.35. The second-order valence-corrected chi connectivity index (χ2v) is 4.90. The van der Waals surface area contributed by atoms with Gasteiger partial charge in [0.15, 0.2) is 0 Å². The summed E-state index contributed by atoms with van der Waals surface area (Å²) in [6.45, 7) is 0. The zero-order chi connectivity index (χ0) is 16.3. The fourth-order valence-corrected chi connectivity index (χ4v) is 2.26. The molecule has 3 nitrogen and oxygen atoms in total. The number of carbonyl (C=O) groups is 1. The maximum absolute atomic E-state index is 12.4. The number of carboxylic acid groups (broad SMARTS) is 1. The summed E-state index contributed by atoms with van der Waals surface area (Å²) in [5, 5.41) is 9.04. The molecular formula is C15H10ClF3O3. The third-order valence-corrected chi connectivity index (χ3v) is 2.95. The number of rotatable bonds is 4. The molecule has 0 aromatic heterocycles. The van der Waals surface area contributed by atoms with Gasteiger partial charge in [-0.3, -0.25) is 4.79 Å². The van der Waals surface area contributed by atoms with E-state index in [1.54, 1.807) is 6.07 Å². The second-order valence-electron chi connectivity index (χ2n) is 4.46. The van der Waals surface area contributed by atoms with Crippen molar-refractivity contribution in [3.63, 3.8) is 0 Å². The van der Waals surface area contributed by atoms with Crippen molar-refractivity contribution in [3.8, 4) is 16.9 Å². The predicted molar refractivity (Wildman–Crippen MR) is 74.9 cm³/mol. The zero-order valence-corrected chi connectivity index (χ0v) is 11.8. The van der Waals surface area contributed by atoms with E-state index in [4.69, 9.17) is 16.7 Å². The standard InChI is InChI=1S/C15H10ClF3O3/c16-11-6-9(7-14(20)21)5-10(8-11)12-3-1-2-4-13(12)22-15(17,18)19/h1-6,8H,7H2,(H,20,21). The molecule has 0 amide bonds. The van der Waals surface area contributed by atoms with Gasteiger partial charge in [-0.2, -0.15) is 0 Å². The molecule has 116 valence electrons. The molecule has 0 atom stereocenters. The van der Waals surface area contributed by atoms with Crippen LogP contribution in [0.2, 0.25) is 5.02 Å². The number of alkyl halides is 3. The number of hydrogen-bond acceptors (Lipinski definition) is 2. The molecule has 0 unspecified atom stereocenters. The molecule has 0 heterocycles. The molecule has 0 spiro atoms. The first-order valence-electron chi connectivity index (χ1n) is 6.11. The molecule has 0 aliphatic carbocycles. The first-order valence-corrected chi connectivity index (χ1v) is 6.49. The quantitative estimate of drug-likeness (QED) is 0.895. The lowest BCUT2D eigenvalue weighted by Gasteiger charge is -2.14. The van der Waals surface area contributed by atoms with Gasteiger partial charge in [0, 0.05) is 10.6 Å². The van der Waals surface area contributed by atoms with Gasteiger partial charge in [-0.1, -0.05) is 35.9 Å². The fourth-order valence-electron chi connectivity index (χ4n) is 2.00. The Morgan fingerprint density at radius 2 is 1.86 bits per heavy atom. The molecule has 0 radical (unpaired) electrons. The molecular weight excluding hydrogens is 321 g/mol. The van der Waals surface area contributed by atoms with Gasteiger partial charge in [0.05, 0.1) is 6.42 Å². The number of aliphatic carboxylic acids is 1. The van der Waals surface area contributed by atoms with Gasteiger partial charge in [0.2, 0.25) is 0 Å². The number of para-hydroxylation sites is 1. The highest BCUT2D eigenvalue weighted by Crippen LogP contribution is 2.35. The third kappa shape index (κ3) is 4.39. The van der Waals surface area contributed by atoms with E-state index >= 15 is 0 Å². The Morgan fingerprint density at radius 1 is 1.18 bits per heavy atom. The first-order chi connectivity index (χ1) is 10.2. The van der Waals surface area contributed by atoms with Crippen molar-refractivity contribution in [3.05, 3.63) is 53.1 Å². The highest BCUT2D eigenvalue weighted by Gasteiger charge is 2.32. The lowest BCUT2D eigenvalue weighted by atomic mass is 10.0. The van der Waals surface area contributed by atoms with E-state index < -0.39 is 12.3 Å². The minimum Gasteiger partial charge on any atom is -0.481 e. The van der Waals surface area contributed by atoms with Gasteiger partial charge in [-0.15, -0.1) is 13.2 Å². The molecule has 0 bridgehead atoms. The van der Waals surface area contributed by atoms with Crippen LogP contribution < -0.4 is 4.74 Å². The third-order valence-electron chi connectivity index (χ3n) is 2.74. The minimum atomic E-state index is -4.82. The van der Waals surface area contributed by atoms with Crippen LogP contribution in [-0.2, 0) is 11.2 Å². The van der Waals surface area contributed by atoms with E-state index in [1.807, 2.05) is 0 Å². The van der Waals surface area contributed by atoms with Gasteiger partial charge in [0.1, 0.15) is 5.75 Å². The molecule has 0 saturated heterocycles. The van der Waals surface area contributed by atoms with Crippen LogP contribution in [0, 0.1) is 0 Å². The number of ether oxygens (including phenoxy) is 1. The summed E-state index contributed by atoms with van der Waals surface area (Å²) in [6.07, 6.45) is -5.10. The minimum absolute atomic E-state index is 0.175. The second kappa shape index (κ2) is 6.27. The normalized spacial score (nSPS) is 11.3. The zero-order valence-electron chi connectivity index (χ0n) is 11.0. The van der Waals surface area contributed by atoms with Crippen molar-refractivity contribution in [1.82, 2.24) is 0 Å². The molecule has 0 aliphatic rings. The summed E-state index contributed by atoms with van der Waals surface area (Å²) >= 11 is 5.91. The van der Waals surface area contributed by atoms with Crippen molar-refractivity contribution in [1.29, 1.82) is 0 Å². The molecule has 0 aliphatic heterocycles. The summed E-state index contributed by atoms with van der Waals surface area (Å²) < 4.78 is 41.3. The van der Waals surface area contributed by atoms with Crippen LogP contribution in [0.3, 0.4) is 0 Å². The molecule has 7 heteroatoms. The molecule has 0 saturated carbocycles. The first kappa shape index (κ1) is 16.2. The van der Waals surface area contributed by atoms with Crippen LogP contribution >= 0.6 is 11.6 Å². The highest BCUT2D eigenvalue weighted by molar-refractivity contribution is 6.31. The van der Waals surface area contributed by atoms with Crippen LogP contribution in [0.1, 0.15) is 5.56 Å². The summed E-state index contributed by atoms with van der Waals surface area (Å²) in [5.41, 5.74) is 0.911. The van der Waals surface area contributed by atoms with E-state index in [-0.39, 0.29) is 22.8 Å². The van der Waals surface area contributed by atoms with E-state index in [0.29, 0.717) is 11.1 Å². The maximum atomic E-state index is 12.4. The predicted octanol–water partition coefficient (Wildman–Crippen LogP) is 4.53. The molecule has 1 N–H and O–H groups in total. The Morgan fingerprint density at radius 3 is 2.50 bits per heavy atom. The summed E-state index contributed by atoms with van der Waals surface area (Å²) in [7, 11) is 0. The lowest BCUT2D eigenvalue weighted by Crippen LogP contribution is -2.17. The van der Waals surface area contributed by atoms with E-state index in [9.17, 15) is 18.0 Å².